The van der Waals surface area contributed by atoms with Crippen LogP contribution in [0.25, 0.3) is 0 Å². The summed E-state index contributed by atoms with van der Waals surface area (Å²) in [4.78, 5) is 0. The molecular weight excluding hydrogens is 254 g/mol. The van der Waals surface area contributed by atoms with Gasteiger partial charge in [-0.05, 0) is 47.4 Å². The Morgan fingerprint density at radius 2 is 1.90 bits per heavy atom. The molecule has 2 atom stereocenters. The molecule has 2 aromatic carbocycles. The number of para-hydroxylation sites is 1. The van der Waals surface area contributed by atoms with Crippen LogP contribution in [-0.4, -0.2) is 0 Å². The number of benzene rings is 2. The third-order valence-corrected chi connectivity index (χ3v) is 4.39. The van der Waals surface area contributed by atoms with Crippen LogP contribution < -0.4 is 5.32 Å². The second kappa shape index (κ2) is 5.93. The second-order valence-corrected chi connectivity index (χ2v) is 6.80. The first-order chi connectivity index (χ1) is 10.1. The molecule has 1 heterocycles. The molecular formula is C20H25N. The zero-order valence-corrected chi connectivity index (χ0v) is 13.3. The number of rotatable bonds is 3. The summed E-state index contributed by atoms with van der Waals surface area (Å²) in [6.07, 6.45) is 2.31. The van der Waals surface area contributed by atoms with Crippen molar-refractivity contribution in [3.05, 3.63) is 65.2 Å². The summed E-state index contributed by atoms with van der Waals surface area (Å²) in [7, 11) is 0. The van der Waals surface area contributed by atoms with Gasteiger partial charge in [-0.15, -0.1) is 0 Å². The lowest BCUT2D eigenvalue weighted by atomic mass is 9.84. The fourth-order valence-corrected chi connectivity index (χ4v) is 3.41. The molecule has 0 amide bonds. The number of nitrogens with one attached hydrogen (secondary N) is 1. The van der Waals surface area contributed by atoms with E-state index in [1.165, 1.54) is 22.4 Å². The average Bonchev–Trinajstić information content (AvgIpc) is 2.46. The first-order valence-corrected chi connectivity index (χ1v) is 8.07. The van der Waals surface area contributed by atoms with Gasteiger partial charge in [0, 0.05) is 5.69 Å². The van der Waals surface area contributed by atoms with E-state index < -0.39 is 0 Å². The first kappa shape index (κ1) is 14.2. The van der Waals surface area contributed by atoms with Crippen LogP contribution in [0, 0.1) is 11.8 Å². The number of hydrogen-bond donors (Lipinski definition) is 1. The van der Waals surface area contributed by atoms with Crippen LogP contribution in [0.2, 0.25) is 0 Å². The van der Waals surface area contributed by atoms with Gasteiger partial charge in [-0.2, -0.15) is 0 Å². The highest BCUT2D eigenvalue weighted by Crippen LogP contribution is 2.36. The van der Waals surface area contributed by atoms with Crippen LogP contribution in [0.1, 0.15) is 43.5 Å². The van der Waals surface area contributed by atoms with Gasteiger partial charge in [-0.1, -0.05) is 63.2 Å². The summed E-state index contributed by atoms with van der Waals surface area (Å²) in [5.41, 5.74) is 5.62. The Balaban J connectivity index is 1.87. The highest BCUT2D eigenvalue weighted by Gasteiger charge is 2.25. The van der Waals surface area contributed by atoms with E-state index in [1.54, 1.807) is 0 Å². The Morgan fingerprint density at radius 3 is 2.71 bits per heavy atom. The van der Waals surface area contributed by atoms with E-state index >= 15 is 0 Å². The predicted molar refractivity (Wildman–Crippen MR) is 90.7 cm³/mol. The van der Waals surface area contributed by atoms with Crippen molar-refractivity contribution < 1.29 is 0 Å². The third kappa shape index (κ3) is 3.12. The molecule has 0 spiro atoms. The molecule has 21 heavy (non-hydrogen) atoms. The van der Waals surface area contributed by atoms with Gasteiger partial charge in [0.05, 0.1) is 6.04 Å². The summed E-state index contributed by atoms with van der Waals surface area (Å²) in [5, 5.41) is 3.74. The Labute approximate surface area is 128 Å². The van der Waals surface area contributed by atoms with Crippen LogP contribution in [0.15, 0.2) is 48.5 Å². The Hall–Kier alpha value is -1.76. The molecule has 1 aliphatic heterocycles. The van der Waals surface area contributed by atoms with Gasteiger partial charge in [-0.25, -0.2) is 0 Å². The Bertz CT molecular complexity index is 615. The van der Waals surface area contributed by atoms with Gasteiger partial charge in [0.25, 0.3) is 0 Å². The highest BCUT2D eigenvalue weighted by molar-refractivity contribution is 5.55. The van der Waals surface area contributed by atoms with Crippen LogP contribution >= 0.6 is 0 Å². The minimum absolute atomic E-state index is 0.423. The van der Waals surface area contributed by atoms with Gasteiger partial charge in [0.1, 0.15) is 0 Å². The lowest BCUT2D eigenvalue weighted by Gasteiger charge is -2.33. The molecule has 0 saturated heterocycles. The molecule has 0 saturated carbocycles. The molecule has 110 valence electrons. The summed E-state index contributed by atoms with van der Waals surface area (Å²) in [6, 6.07) is 18.2. The topological polar surface area (TPSA) is 12.0 Å². The second-order valence-electron chi connectivity index (χ2n) is 6.80. The molecule has 2 unspecified atom stereocenters. The van der Waals surface area contributed by atoms with E-state index in [0.29, 0.717) is 17.9 Å². The van der Waals surface area contributed by atoms with Gasteiger partial charge in [0.2, 0.25) is 0 Å². The van der Waals surface area contributed by atoms with E-state index in [2.05, 4.69) is 74.6 Å². The minimum atomic E-state index is 0.423. The highest BCUT2D eigenvalue weighted by atomic mass is 14.9. The minimum Gasteiger partial charge on any atom is -0.378 e. The molecule has 0 aromatic heterocycles. The lowest BCUT2D eigenvalue weighted by Crippen LogP contribution is -2.26. The van der Waals surface area contributed by atoms with Crippen LogP contribution in [-0.2, 0) is 12.8 Å². The molecule has 1 nitrogen and oxygen atoms in total. The van der Waals surface area contributed by atoms with Crippen molar-refractivity contribution in [1.29, 1.82) is 0 Å². The zero-order chi connectivity index (χ0) is 14.8. The van der Waals surface area contributed by atoms with E-state index in [1.807, 2.05) is 0 Å². The normalized spacial score (nSPS) is 21.0. The van der Waals surface area contributed by atoms with Crippen molar-refractivity contribution in [2.75, 3.05) is 5.32 Å². The summed E-state index contributed by atoms with van der Waals surface area (Å²) in [5.74, 6) is 1.33. The van der Waals surface area contributed by atoms with Gasteiger partial charge in [-0.3, -0.25) is 0 Å². The number of fused-ring (bicyclic) bond motifs is 1. The summed E-state index contributed by atoms with van der Waals surface area (Å²) >= 11 is 0. The van der Waals surface area contributed by atoms with Crippen molar-refractivity contribution in [1.82, 2.24) is 0 Å². The average molecular weight is 279 g/mol. The van der Waals surface area contributed by atoms with Crippen molar-refractivity contribution in [2.45, 2.75) is 39.7 Å². The molecule has 1 N–H and O–H groups in total. The predicted octanol–water partition coefficient (Wildman–Crippen LogP) is 5.23. The molecule has 0 aliphatic carbocycles. The fraction of sp³-hybridized carbons (Fsp3) is 0.400. The van der Waals surface area contributed by atoms with Crippen molar-refractivity contribution in [3.63, 3.8) is 0 Å². The lowest BCUT2D eigenvalue weighted by molar-refractivity contribution is 0.478. The monoisotopic (exact) mass is 279 g/mol. The Kier molecular flexibility index (Phi) is 4.01. The van der Waals surface area contributed by atoms with Crippen LogP contribution in [0.3, 0.4) is 0 Å². The molecule has 0 bridgehead atoms. The fourth-order valence-electron chi connectivity index (χ4n) is 3.41. The van der Waals surface area contributed by atoms with Gasteiger partial charge in [0.15, 0.2) is 0 Å². The Morgan fingerprint density at radius 1 is 1.10 bits per heavy atom. The number of hydrogen-bond acceptors (Lipinski definition) is 1. The SMILES string of the molecule is CC(C)Cc1cccc(C2Nc3ccccc3CC2C)c1. The molecule has 3 rings (SSSR count). The summed E-state index contributed by atoms with van der Waals surface area (Å²) < 4.78 is 0. The standard InChI is InChI=1S/C20H25N/c1-14(2)11-16-7-6-9-18(13-16)20-15(3)12-17-8-4-5-10-19(17)21-20/h4-10,13-15,20-21H,11-12H2,1-3H3. The van der Waals surface area contributed by atoms with Crippen LogP contribution in [0.5, 0.6) is 0 Å². The molecule has 1 aliphatic rings. The maximum atomic E-state index is 3.74. The number of anilines is 1. The van der Waals surface area contributed by atoms with Gasteiger partial charge >= 0.3 is 0 Å². The largest absolute Gasteiger partial charge is 0.378 e. The van der Waals surface area contributed by atoms with Crippen molar-refractivity contribution in [2.24, 2.45) is 11.8 Å². The molecule has 0 fully saturated rings. The van der Waals surface area contributed by atoms with E-state index in [0.717, 1.165) is 12.8 Å². The maximum Gasteiger partial charge on any atom is 0.0542 e. The first-order valence-electron chi connectivity index (χ1n) is 8.07. The summed E-state index contributed by atoms with van der Waals surface area (Å²) in [6.45, 7) is 6.91. The third-order valence-electron chi connectivity index (χ3n) is 4.39. The molecule has 2 aromatic rings. The van der Waals surface area contributed by atoms with Crippen LogP contribution in [0.4, 0.5) is 5.69 Å². The quantitative estimate of drug-likeness (QED) is 0.811. The van der Waals surface area contributed by atoms with E-state index in [4.69, 9.17) is 0 Å². The molecule has 0 radical (unpaired) electrons. The maximum absolute atomic E-state index is 3.74. The van der Waals surface area contributed by atoms with E-state index in [9.17, 15) is 0 Å². The zero-order valence-electron chi connectivity index (χ0n) is 13.3. The van der Waals surface area contributed by atoms with Crippen molar-refractivity contribution >= 4 is 5.69 Å². The molecule has 1 heteroatoms. The smallest absolute Gasteiger partial charge is 0.0542 e. The van der Waals surface area contributed by atoms with Crippen molar-refractivity contribution in [3.8, 4) is 0 Å². The van der Waals surface area contributed by atoms with E-state index in [-0.39, 0.29) is 0 Å². The van der Waals surface area contributed by atoms with Gasteiger partial charge < -0.3 is 5.32 Å².